The molecule has 3 fully saturated rings. The van der Waals surface area contributed by atoms with Gasteiger partial charge < -0.3 is 25.6 Å². The Balaban J connectivity index is 1.24. The van der Waals surface area contributed by atoms with Gasteiger partial charge in [0.1, 0.15) is 11.4 Å². The molecule has 3 heterocycles. The number of hydrogen-bond donors (Lipinski definition) is 3. The van der Waals surface area contributed by atoms with Crippen LogP contribution < -0.4 is 5.32 Å². The molecule has 210 valence electrons. The number of amides is 2. The molecule has 3 N–H and O–H groups in total. The summed E-state index contributed by atoms with van der Waals surface area (Å²) in [7, 11) is 1.85. The molecule has 9 nitrogen and oxygen atoms in total. The number of β-amino-alcohol motifs (C(OH)–C–C–N with tert-alkyl or cyclic N) is 1. The predicted octanol–water partition coefficient (Wildman–Crippen LogP) is 2.68. The lowest BCUT2D eigenvalue weighted by Gasteiger charge is -2.42. The van der Waals surface area contributed by atoms with Crippen LogP contribution in [0.25, 0.3) is 11.1 Å². The molecule has 4 aliphatic rings. The maximum atomic E-state index is 14.0. The number of nitrogens with zero attached hydrogens (tertiary/aromatic N) is 4. The first-order valence-electron chi connectivity index (χ1n) is 14.4. The van der Waals surface area contributed by atoms with Gasteiger partial charge in [-0.1, -0.05) is 30.3 Å². The number of carbonyl (C=O) groups is 2. The summed E-state index contributed by atoms with van der Waals surface area (Å²) in [5.74, 6) is 1.55. The van der Waals surface area contributed by atoms with Crippen molar-refractivity contribution in [2.24, 2.45) is 16.8 Å². The van der Waals surface area contributed by atoms with E-state index in [2.05, 4.69) is 22.3 Å². The van der Waals surface area contributed by atoms with E-state index in [1.807, 2.05) is 47.2 Å². The van der Waals surface area contributed by atoms with Crippen LogP contribution in [0.1, 0.15) is 36.8 Å². The molecule has 2 saturated heterocycles. The van der Waals surface area contributed by atoms with Gasteiger partial charge in [-0.2, -0.15) is 0 Å². The SMILES string of the molecule is CNc1ccc(-c2ccc(C3=NC4(CCN(CCO)CC4)C(=O)N3CC3CN(C(=O)C4CC4)C3)cc2)cc1C=N. The van der Waals surface area contributed by atoms with Crippen LogP contribution >= 0.6 is 0 Å². The van der Waals surface area contributed by atoms with Crippen LogP contribution in [-0.4, -0.2) is 102 Å². The predicted molar refractivity (Wildman–Crippen MR) is 156 cm³/mol. The number of aliphatic hydroxyl groups is 1. The minimum Gasteiger partial charge on any atom is -0.395 e. The van der Waals surface area contributed by atoms with Gasteiger partial charge in [-0.15, -0.1) is 0 Å². The minimum absolute atomic E-state index is 0.0699. The molecule has 2 aromatic rings. The van der Waals surface area contributed by atoms with Crippen LogP contribution in [-0.2, 0) is 9.59 Å². The van der Waals surface area contributed by atoms with E-state index in [1.54, 1.807) is 0 Å². The molecule has 2 aromatic carbocycles. The summed E-state index contributed by atoms with van der Waals surface area (Å²) >= 11 is 0. The standard InChI is InChI=1S/C31H38N6O3/c1-33-27-9-8-25(16-26(27)17-32)22-2-4-23(5-3-22)28-34-31(10-12-35(13-11-31)14-15-38)30(40)37(28)20-21-18-36(19-21)29(39)24-6-7-24/h2-5,8-9,16-17,21,24,32-33,38H,6-7,10-15,18-20H2,1H3. The maximum Gasteiger partial charge on any atom is 0.256 e. The van der Waals surface area contributed by atoms with Crippen LogP contribution in [0.3, 0.4) is 0 Å². The van der Waals surface area contributed by atoms with Crippen molar-refractivity contribution in [2.75, 3.05) is 58.2 Å². The Morgan fingerprint density at radius 3 is 2.40 bits per heavy atom. The van der Waals surface area contributed by atoms with E-state index in [-0.39, 0.29) is 30.3 Å². The van der Waals surface area contributed by atoms with E-state index in [0.29, 0.717) is 39.0 Å². The van der Waals surface area contributed by atoms with E-state index in [4.69, 9.17) is 10.4 Å². The van der Waals surface area contributed by atoms with E-state index >= 15 is 0 Å². The Bertz CT molecular complexity index is 1320. The Kier molecular flexibility index (Phi) is 7.18. The highest BCUT2D eigenvalue weighted by atomic mass is 16.3. The highest BCUT2D eigenvalue weighted by Gasteiger charge is 2.51. The second kappa shape index (κ2) is 10.8. The third kappa shape index (κ3) is 4.92. The van der Waals surface area contributed by atoms with Crippen molar-refractivity contribution in [1.82, 2.24) is 14.7 Å². The Morgan fingerprint density at radius 2 is 1.77 bits per heavy atom. The van der Waals surface area contributed by atoms with Crippen LogP contribution in [0.4, 0.5) is 5.69 Å². The molecule has 0 bridgehead atoms. The number of anilines is 1. The van der Waals surface area contributed by atoms with Crippen molar-refractivity contribution >= 4 is 29.6 Å². The molecule has 9 heteroatoms. The molecule has 0 aromatic heterocycles. The van der Waals surface area contributed by atoms with Crippen LogP contribution in [0.15, 0.2) is 47.5 Å². The van der Waals surface area contributed by atoms with Gasteiger partial charge in [0.25, 0.3) is 5.91 Å². The lowest BCUT2D eigenvalue weighted by molar-refractivity contribution is -0.140. The smallest absolute Gasteiger partial charge is 0.256 e. The molecule has 3 aliphatic heterocycles. The number of likely N-dealkylation sites (tertiary alicyclic amines) is 2. The number of aliphatic imine (C=N–C) groups is 1. The Hall–Kier alpha value is -3.56. The number of benzene rings is 2. The van der Waals surface area contributed by atoms with Gasteiger partial charge in [-0.25, -0.2) is 0 Å². The van der Waals surface area contributed by atoms with Crippen molar-refractivity contribution in [2.45, 2.75) is 31.2 Å². The summed E-state index contributed by atoms with van der Waals surface area (Å²) in [6.07, 6.45) is 4.66. The quantitative estimate of drug-likeness (QED) is 0.422. The summed E-state index contributed by atoms with van der Waals surface area (Å²) in [5, 5.41) is 20.2. The van der Waals surface area contributed by atoms with Crippen molar-refractivity contribution in [3.05, 3.63) is 53.6 Å². The summed E-state index contributed by atoms with van der Waals surface area (Å²) < 4.78 is 0. The van der Waals surface area contributed by atoms with Crippen molar-refractivity contribution < 1.29 is 14.7 Å². The summed E-state index contributed by atoms with van der Waals surface area (Å²) in [5.41, 5.74) is 3.95. The monoisotopic (exact) mass is 542 g/mol. The van der Waals surface area contributed by atoms with Gasteiger partial charge >= 0.3 is 0 Å². The molecule has 2 amide bonds. The van der Waals surface area contributed by atoms with Crippen molar-refractivity contribution in [1.29, 1.82) is 5.41 Å². The lowest BCUT2D eigenvalue weighted by Crippen LogP contribution is -2.57. The normalized spacial score (nSPS) is 20.9. The van der Waals surface area contributed by atoms with Crippen LogP contribution in [0, 0.1) is 17.2 Å². The fourth-order valence-electron chi connectivity index (χ4n) is 6.27. The second-order valence-corrected chi connectivity index (χ2v) is 11.6. The van der Waals surface area contributed by atoms with Gasteiger partial charge in [0.2, 0.25) is 5.91 Å². The molecule has 0 unspecified atom stereocenters. The second-order valence-electron chi connectivity index (χ2n) is 11.6. The lowest BCUT2D eigenvalue weighted by atomic mass is 9.87. The summed E-state index contributed by atoms with van der Waals surface area (Å²) in [4.78, 5) is 37.6. The Morgan fingerprint density at radius 1 is 1.10 bits per heavy atom. The Labute approximate surface area is 235 Å². The fourth-order valence-corrected chi connectivity index (χ4v) is 6.27. The molecule has 0 radical (unpaired) electrons. The molecular formula is C31H38N6O3. The third-order valence-electron chi connectivity index (χ3n) is 8.91. The number of piperidine rings is 1. The molecule has 1 aliphatic carbocycles. The fraction of sp³-hybridized carbons (Fsp3) is 0.484. The van der Waals surface area contributed by atoms with E-state index in [1.165, 1.54) is 6.21 Å². The molecule has 0 atom stereocenters. The zero-order valence-electron chi connectivity index (χ0n) is 23.1. The first kappa shape index (κ1) is 26.7. The first-order valence-corrected chi connectivity index (χ1v) is 14.4. The average molecular weight is 543 g/mol. The molecule has 6 rings (SSSR count). The van der Waals surface area contributed by atoms with Gasteiger partial charge in [0.05, 0.1) is 6.61 Å². The zero-order valence-corrected chi connectivity index (χ0v) is 23.1. The zero-order chi connectivity index (χ0) is 27.9. The number of carbonyl (C=O) groups excluding carboxylic acids is 2. The largest absolute Gasteiger partial charge is 0.395 e. The molecule has 1 spiro atoms. The van der Waals surface area contributed by atoms with Crippen LogP contribution in [0.5, 0.6) is 0 Å². The first-order chi connectivity index (χ1) is 19.4. The summed E-state index contributed by atoms with van der Waals surface area (Å²) in [6.45, 7) is 4.20. The van der Waals surface area contributed by atoms with Gasteiger partial charge in [-0.05, 0) is 48.9 Å². The number of nitrogens with one attached hydrogen (secondary N) is 2. The number of rotatable bonds is 9. The van der Waals surface area contributed by atoms with E-state index in [9.17, 15) is 14.7 Å². The minimum atomic E-state index is -0.755. The molecular weight excluding hydrogens is 504 g/mol. The van der Waals surface area contributed by atoms with Crippen LogP contribution in [0.2, 0.25) is 0 Å². The average Bonchev–Trinajstić information content (AvgIpc) is 3.78. The molecule has 1 saturated carbocycles. The number of aliphatic hydroxyl groups excluding tert-OH is 1. The highest BCUT2D eigenvalue weighted by molar-refractivity contribution is 6.15. The third-order valence-corrected chi connectivity index (χ3v) is 8.91. The topological polar surface area (TPSA) is 112 Å². The number of amidine groups is 1. The highest BCUT2D eigenvalue weighted by Crippen LogP contribution is 2.38. The van der Waals surface area contributed by atoms with E-state index < -0.39 is 5.54 Å². The summed E-state index contributed by atoms with van der Waals surface area (Å²) in [6, 6.07) is 14.2. The number of hydrogen-bond acceptors (Lipinski definition) is 7. The van der Waals surface area contributed by atoms with E-state index in [0.717, 1.165) is 59.7 Å². The van der Waals surface area contributed by atoms with Crippen molar-refractivity contribution in [3.63, 3.8) is 0 Å². The maximum absolute atomic E-state index is 14.0. The molecule has 40 heavy (non-hydrogen) atoms. The van der Waals surface area contributed by atoms with Gasteiger partial charge in [0.15, 0.2) is 0 Å². The van der Waals surface area contributed by atoms with Gasteiger partial charge in [0, 0.05) is 81.2 Å². The van der Waals surface area contributed by atoms with Gasteiger partial charge in [-0.3, -0.25) is 19.5 Å². The van der Waals surface area contributed by atoms with Crippen molar-refractivity contribution in [3.8, 4) is 11.1 Å².